The second-order valence-corrected chi connectivity index (χ2v) is 5.78. The van der Waals surface area contributed by atoms with Gasteiger partial charge in [-0.05, 0) is 25.7 Å². The van der Waals surface area contributed by atoms with Crippen molar-refractivity contribution in [2.24, 2.45) is 0 Å². The molecule has 122 valence electrons. The molecule has 0 aromatic heterocycles. The monoisotopic (exact) mass is 299 g/mol. The molecule has 0 bridgehead atoms. The zero-order valence-corrected chi connectivity index (χ0v) is 13.5. The highest BCUT2D eigenvalue weighted by atomic mass is 16.4. The van der Waals surface area contributed by atoms with E-state index in [0.717, 1.165) is 32.2 Å². The second kappa shape index (κ2) is 8.22. The number of nitrogens with zero attached hydrogens (tertiary/aromatic N) is 2. The van der Waals surface area contributed by atoms with Crippen LogP contribution in [0.5, 0.6) is 0 Å². The SMILES string of the molecule is CCC(CC)(CC)NC(=O)N1CCCN(CC(=O)O)CC1. The van der Waals surface area contributed by atoms with Gasteiger partial charge in [0.25, 0.3) is 0 Å². The standard InChI is InChI=1S/C15H29N3O3/c1-4-15(5-2,6-3)16-14(21)18-9-7-8-17(10-11-18)12-13(19)20/h4-12H2,1-3H3,(H,16,21)(H,19,20). The van der Waals surface area contributed by atoms with Crippen LogP contribution in [0.2, 0.25) is 0 Å². The zero-order chi connectivity index (χ0) is 15.9. The Bertz CT molecular complexity index is 348. The highest BCUT2D eigenvalue weighted by Crippen LogP contribution is 2.19. The van der Waals surface area contributed by atoms with Gasteiger partial charge in [-0.15, -0.1) is 0 Å². The molecule has 0 radical (unpaired) electrons. The van der Waals surface area contributed by atoms with Crippen LogP contribution in [-0.2, 0) is 4.79 Å². The van der Waals surface area contributed by atoms with Crippen LogP contribution in [0.25, 0.3) is 0 Å². The average molecular weight is 299 g/mol. The molecule has 1 aliphatic rings. The molecule has 1 aliphatic heterocycles. The van der Waals surface area contributed by atoms with Gasteiger partial charge in [-0.2, -0.15) is 0 Å². The van der Waals surface area contributed by atoms with E-state index in [1.165, 1.54) is 0 Å². The van der Waals surface area contributed by atoms with Crippen molar-refractivity contribution >= 4 is 12.0 Å². The summed E-state index contributed by atoms with van der Waals surface area (Å²) in [6.07, 6.45) is 3.58. The Morgan fingerprint density at radius 3 is 2.19 bits per heavy atom. The van der Waals surface area contributed by atoms with Crippen LogP contribution in [0.1, 0.15) is 46.5 Å². The lowest BCUT2D eigenvalue weighted by atomic mass is 9.90. The van der Waals surface area contributed by atoms with Crippen molar-refractivity contribution < 1.29 is 14.7 Å². The highest BCUT2D eigenvalue weighted by Gasteiger charge is 2.29. The molecule has 0 atom stereocenters. The fraction of sp³-hybridized carbons (Fsp3) is 0.867. The molecule has 0 aromatic carbocycles. The second-order valence-electron chi connectivity index (χ2n) is 5.78. The number of amides is 2. The first-order valence-corrected chi connectivity index (χ1v) is 7.97. The van der Waals surface area contributed by atoms with Crippen molar-refractivity contribution in [3.63, 3.8) is 0 Å². The number of urea groups is 1. The van der Waals surface area contributed by atoms with E-state index in [0.29, 0.717) is 19.6 Å². The molecule has 0 unspecified atom stereocenters. The Balaban J connectivity index is 2.57. The van der Waals surface area contributed by atoms with Crippen LogP contribution in [-0.4, -0.2) is 65.2 Å². The van der Waals surface area contributed by atoms with Crippen LogP contribution in [0.3, 0.4) is 0 Å². The summed E-state index contributed by atoms with van der Waals surface area (Å²) in [5, 5.41) is 12.0. The molecule has 1 rings (SSSR count). The third-order valence-electron chi connectivity index (χ3n) is 4.64. The Hall–Kier alpha value is -1.30. The number of carboxylic acids is 1. The van der Waals surface area contributed by atoms with Gasteiger partial charge in [0, 0.05) is 31.7 Å². The summed E-state index contributed by atoms with van der Waals surface area (Å²) in [5.74, 6) is -0.810. The van der Waals surface area contributed by atoms with E-state index in [1.807, 2.05) is 9.80 Å². The Morgan fingerprint density at radius 1 is 1.05 bits per heavy atom. The predicted octanol–water partition coefficient (Wildman–Crippen LogP) is 1.76. The minimum absolute atomic E-state index is 0.0160. The van der Waals surface area contributed by atoms with Gasteiger partial charge in [-0.1, -0.05) is 20.8 Å². The summed E-state index contributed by atoms with van der Waals surface area (Å²) < 4.78 is 0. The zero-order valence-electron chi connectivity index (χ0n) is 13.5. The van der Waals surface area contributed by atoms with Crippen molar-refractivity contribution in [3.8, 4) is 0 Å². The minimum Gasteiger partial charge on any atom is -0.480 e. The summed E-state index contributed by atoms with van der Waals surface area (Å²) in [7, 11) is 0. The Labute approximate surface area is 127 Å². The third-order valence-corrected chi connectivity index (χ3v) is 4.64. The summed E-state index contributed by atoms with van der Waals surface area (Å²) >= 11 is 0. The molecule has 6 nitrogen and oxygen atoms in total. The number of nitrogens with one attached hydrogen (secondary N) is 1. The number of carboxylic acid groups (broad SMARTS) is 1. The Morgan fingerprint density at radius 2 is 1.67 bits per heavy atom. The summed E-state index contributed by atoms with van der Waals surface area (Å²) in [5.41, 5.74) is -0.121. The molecule has 0 aliphatic carbocycles. The van der Waals surface area contributed by atoms with E-state index in [4.69, 9.17) is 5.11 Å². The third kappa shape index (κ3) is 5.19. The van der Waals surface area contributed by atoms with Gasteiger partial charge >= 0.3 is 12.0 Å². The first-order valence-electron chi connectivity index (χ1n) is 7.97. The topological polar surface area (TPSA) is 72.9 Å². The van der Waals surface area contributed by atoms with Crippen molar-refractivity contribution in [2.45, 2.75) is 52.0 Å². The smallest absolute Gasteiger partial charge is 0.317 e. The lowest BCUT2D eigenvalue weighted by Gasteiger charge is -2.34. The fourth-order valence-corrected chi connectivity index (χ4v) is 2.84. The average Bonchev–Trinajstić information content (AvgIpc) is 2.70. The number of hydrogen-bond acceptors (Lipinski definition) is 3. The van der Waals surface area contributed by atoms with E-state index in [1.54, 1.807) is 0 Å². The van der Waals surface area contributed by atoms with E-state index < -0.39 is 5.97 Å². The fourth-order valence-electron chi connectivity index (χ4n) is 2.84. The number of rotatable bonds is 6. The lowest BCUT2D eigenvalue weighted by Crippen LogP contribution is -2.53. The summed E-state index contributed by atoms with van der Waals surface area (Å²) in [6.45, 7) is 8.99. The molecular formula is C15H29N3O3. The van der Waals surface area contributed by atoms with Gasteiger partial charge in [0.15, 0.2) is 0 Å². The number of carbonyl (C=O) groups is 2. The maximum absolute atomic E-state index is 12.5. The van der Waals surface area contributed by atoms with Gasteiger partial charge < -0.3 is 15.3 Å². The molecule has 1 fully saturated rings. The van der Waals surface area contributed by atoms with Crippen molar-refractivity contribution in [1.82, 2.24) is 15.1 Å². The van der Waals surface area contributed by atoms with E-state index in [9.17, 15) is 9.59 Å². The van der Waals surface area contributed by atoms with Gasteiger partial charge in [-0.25, -0.2) is 4.79 Å². The lowest BCUT2D eigenvalue weighted by molar-refractivity contribution is -0.138. The molecule has 0 spiro atoms. The summed E-state index contributed by atoms with van der Waals surface area (Å²) in [6, 6.07) is -0.0160. The Kier molecular flexibility index (Phi) is 6.95. The minimum atomic E-state index is -0.810. The van der Waals surface area contributed by atoms with Crippen LogP contribution in [0.4, 0.5) is 4.79 Å². The molecule has 1 saturated heterocycles. The molecule has 1 heterocycles. The van der Waals surface area contributed by atoms with E-state index in [2.05, 4.69) is 26.1 Å². The number of hydrogen-bond donors (Lipinski definition) is 2. The maximum atomic E-state index is 12.5. The first-order chi connectivity index (χ1) is 9.96. The largest absolute Gasteiger partial charge is 0.480 e. The molecule has 0 saturated carbocycles. The van der Waals surface area contributed by atoms with Crippen LogP contribution in [0, 0.1) is 0 Å². The normalized spacial score (nSPS) is 17.4. The highest BCUT2D eigenvalue weighted by molar-refractivity contribution is 5.75. The number of aliphatic carboxylic acids is 1. The van der Waals surface area contributed by atoms with Crippen molar-refractivity contribution in [3.05, 3.63) is 0 Å². The van der Waals surface area contributed by atoms with Crippen molar-refractivity contribution in [1.29, 1.82) is 0 Å². The van der Waals surface area contributed by atoms with Gasteiger partial charge in [0.1, 0.15) is 0 Å². The van der Waals surface area contributed by atoms with Crippen LogP contribution in [0.15, 0.2) is 0 Å². The van der Waals surface area contributed by atoms with Gasteiger partial charge in [0.05, 0.1) is 6.54 Å². The van der Waals surface area contributed by atoms with Crippen LogP contribution < -0.4 is 5.32 Å². The molecule has 21 heavy (non-hydrogen) atoms. The predicted molar refractivity (Wildman–Crippen MR) is 82.4 cm³/mol. The first kappa shape index (κ1) is 17.8. The van der Waals surface area contributed by atoms with Gasteiger partial charge in [0.2, 0.25) is 0 Å². The van der Waals surface area contributed by atoms with Gasteiger partial charge in [-0.3, -0.25) is 9.69 Å². The molecule has 2 N–H and O–H groups in total. The summed E-state index contributed by atoms with van der Waals surface area (Å²) in [4.78, 5) is 26.9. The molecule has 6 heteroatoms. The van der Waals surface area contributed by atoms with E-state index in [-0.39, 0.29) is 18.1 Å². The molecule has 0 aromatic rings. The maximum Gasteiger partial charge on any atom is 0.317 e. The molecular weight excluding hydrogens is 270 g/mol. The van der Waals surface area contributed by atoms with Crippen molar-refractivity contribution in [2.75, 3.05) is 32.7 Å². The van der Waals surface area contributed by atoms with Crippen LogP contribution >= 0.6 is 0 Å². The van der Waals surface area contributed by atoms with E-state index >= 15 is 0 Å². The quantitative estimate of drug-likeness (QED) is 0.784. The number of carbonyl (C=O) groups excluding carboxylic acids is 1. The molecule has 2 amide bonds.